The maximum absolute atomic E-state index is 13.6. The SMILES string of the molecule is CC(C)C(NC(=O)C(N)Cc1c[nH]c2ccccc12)C(=O)NC(Cc1c[nH]c2ccccc12)C(=O)NC(CC(N)=O)C(=O)O. The Balaban J connectivity index is 1.52. The first kappa shape index (κ1) is 31.8. The summed E-state index contributed by atoms with van der Waals surface area (Å²) in [5.74, 6) is -4.80. The molecule has 4 amide bonds. The number of carboxylic acids is 1. The van der Waals surface area contributed by atoms with Gasteiger partial charge in [-0.05, 0) is 35.6 Å². The molecule has 0 radical (unpaired) electrons. The minimum absolute atomic E-state index is 0.0106. The topological polar surface area (TPSA) is 225 Å². The van der Waals surface area contributed by atoms with Gasteiger partial charge in [-0.2, -0.15) is 0 Å². The molecule has 4 rings (SSSR count). The van der Waals surface area contributed by atoms with Gasteiger partial charge in [-0.1, -0.05) is 50.2 Å². The number of aromatic nitrogens is 2. The summed E-state index contributed by atoms with van der Waals surface area (Å²) in [5.41, 5.74) is 14.7. The number of carboxylic acid groups (broad SMARTS) is 1. The highest BCUT2D eigenvalue weighted by Gasteiger charge is 2.33. The Morgan fingerprint density at radius 2 is 1.27 bits per heavy atom. The van der Waals surface area contributed by atoms with Gasteiger partial charge in [0, 0.05) is 40.6 Å². The Morgan fingerprint density at radius 1 is 0.750 bits per heavy atom. The second kappa shape index (κ2) is 13.9. The number of benzene rings is 2. The zero-order valence-corrected chi connectivity index (χ0v) is 24.4. The summed E-state index contributed by atoms with van der Waals surface area (Å²) in [6, 6.07) is 10.1. The molecule has 0 spiro atoms. The summed E-state index contributed by atoms with van der Waals surface area (Å²) in [5, 5.41) is 19.0. The Morgan fingerprint density at radius 3 is 1.80 bits per heavy atom. The molecule has 10 N–H and O–H groups in total. The normalized spacial score (nSPS) is 14.1. The number of hydrogen-bond acceptors (Lipinski definition) is 6. The maximum Gasteiger partial charge on any atom is 0.326 e. The van der Waals surface area contributed by atoms with Crippen LogP contribution in [0, 0.1) is 5.92 Å². The van der Waals surface area contributed by atoms with Gasteiger partial charge in [0.1, 0.15) is 18.1 Å². The van der Waals surface area contributed by atoms with Gasteiger partial charge < -0.3 is 42.5 Å². The largest absolute Gasteiger partial charge is 0.480 e. The number of aromatic amines is 2. The molecule has 4 atom stereocenters. The summed E-state index contributed by atoms with van der Waals surface area (Å²) in [6.45, 7) is 3.47. The first-order chi connectivity index (χ1) is 20.9. The molecule has 0 aliphatic carbocycles. The molecule has 44 heavy (non-hydrogen) atoms. The van der Waals surface area contributed by atoms with Gasteiger partial charge in [0.05, 0.1) is 12.5 Å². The molecule has 0 fully saturated rings. The lowest BCUT2D eigenvalue weighted by atomic mass is 9.99. The zero-order valence-electron chi connectivity index (χ0n) is 24.4. The Kier molecular flexibility index (Phi) is 10.0. The fraction of sp³-hybridized carbons (Fsp3) is 0.323. The van der Waals surface area contributed by atoms with Crippen LogP contribution in [0.5, 0.6) is 0 Å². The molecular formula is C31H37N7O6. The number of H-pyrrole nitrogens is 2. The number of rotatable bonds is 14. The van der Waals surface area contributed by atoms with E-state index in [1.165, 1.54) is 0 Å². The van der Waals surface area contributed by atoms with Crippen molar-refractivity contribution in [3.05, 3.63) is 72.1 Å². The molecular weight excluding hydrogens is 566 g/mol. The average molecular weight is 604 g/mol. The van der Waals surface area contributed by atoms with Crippen molar-refractivity contribution in [2.45, 2.75) is 57.3 Å². The summed E-state index contributed by atoms with van der Waals surface area (Å²) in [7, 11) is 0. The Bertz CT molecular complexity index is 1680. The van der Waals surface area contributed by atoms with Gasteiger partial charge in [-0.3, -0.25) is 19.2 Å². The van der Waals surface area contributed by atoms with Crippen LogP contribution in [0.2, 0.25) is 0 Å². The van der Waals surface area contributed by atoms with E-state index in [2.05, 4.69) is 25.9 Å². The predicted molar refractivity (Wildman–Crippen MR) is 164 cm³/mol. The average Bonchev–Trinajstić information content (AvgIpc) is 3.58. The number of aliphatic carboxylic acids is 1. The van der Waals surface area contributed by atoms with Crippen LogP contribution < -0.4 is 27.4 Å². The second-order valence-corrected chi connectivity index (χ2v) is 11.1. The first-order valence-corrected chi connectivity index (χ1v) is 14.2. The van der Waals surface area contributed by atoms with Crippen molar-refractivity contribution < 1.29 is 29.1 Å². The highest BCUT2D eigenvalue weighted by atomic mass is 16.4. The quantitative estimate of drug-likeness (QED) is 0.103. The van der Waals surface area contributed by atoms with Crippen LogP contribution in [0.15, 0.2) is 60.9 Å². The molecule has 4 aromatic rings. The number of nitrogens with one attached hydrogen (secondary N) is 5. The zero-order chi connectivity index (χ0) is 32.0. The van der Waals surface area contributed by atoms with Gasteiger partial charge in [-0.25, -0.2) is 4.79 Å². The van der Waals surface area contributed by atoms with Crippen LogP contribution in [0.4, 0.5) is 0 Å². The van der Waals surface area contributed by atoms with Crippen LogP contribution in [-0.4, -0.2) is 68.8 Å². The summed E-state index contributed by atoms with van der Waals surface area (Å²) in [4.78, 5) is 69.5. The monoisotopic (exact) mass is 603 g/mol. The summed E-state index contributed by atoms with van der Waals surface area (Å²) in [6.07, 6.45) is 3.07. The van der Waals surface area contributed by atoms with E-state index in [9.17, 15) is 29.1 Å². The fourth-order valence-electron chi connectivity index (χ4n) is 5.09. The van der Waals surface area contributed by atoms with Crippen LogP contribution in [-0.2, 0) is 36.8 Å². The lowest BCUT2D eigenvalue weighted by molar-refractivity contribution is -0.143. The van der Waals surface area contributed by atoms with E-state index < -0.39 is 66.1 Å². The maximum atomic E-state index is 13.6. The highest BCUT2D eigenvalue weighted by Crippen LogP contribution is 2.20. The van der Waals surface area contributed by atoms with Crippen LogP contribution in [0.1, 0.15) is 31.4 Å². The third-order valence-electron chi connectivity index (χ3n) is 7.45. The molecule has 2 aromatic carbocycles. The molecule has 13 heteroatoms. The van der Waals surface area contributed by atoms with Gasteiger partial charge in [0.25, 0.3) is 0 Å². The molecule has 0 aliphatic heterocycles. The van der Waals surface area contributed by atoms with E-state index in [1.807, 2.05) is 48.5 Å². The minimum atomic E-state index is -1.59. The van der Waals surface area contributed by atoms with Gasteiger partial charge in [0.15, 0.2) is 0 Å². The van der Waals surface area contributed by atoms with E-state index >= 15 is 0 Å². The third-order valence-corrected chi connectivity index (χ3v) is 7.45. The predicted octanol–water partition coefficient (Wildman–Crippen LogP) is 0.832. The van der Waals surface area contributed by atoms with Crippen molar-refractivity contribution in [3.63, 3.8) is 0 Å². The number of hydrogen-bond donors (Lipinski definition) is 8. The highest BCUT2D eigenvalue weighted by molar-refractivity contribution is 5.96. The minimum Gasteiger partial charge on any atom is -0.480 e. The summed E-state index contributed by atoms with van der Waals surface area (Å²) >= 11 is 0. The number of primary amides is 1. The number of fused-ring (bicyclic) bond motifs is 2. The van der Waals surface area contributed by atoms with E-state index in [4.69, 9.17) is 11.5 Å². The molecule has 2 aromatic heterocycles. The lowest BCUT2D eigenvalue weighted by Gasteiger charge is -2.27. The third kappa shape index (κ3) is 7.61. The van der Waals surface area contributed by atoms with Crippen molar-refractivity contribution in [2.24, 2.45) is 17.4 Å². The van der Waals surface area contributed by atoms with Gasteiger partial charge >= 0.3 is 5.97 Å². The molecule has 4 unspecified atom stereocenters. The van der Waals surface area contributed by atoms with E-state index in [0.29, 0.717) is 5.56 Å². The number of amides is 4. The van der Waals surface area contributed by atoms with Crippen molar-refractivity contribution in [1.82, 2.24) is 25.9 Å². The molecule has 13 nitrogen and oxygen atoms in total. The molecule has 0 aliphatic rings. The van der Waals surface area contributed by atoms with E-state index in [-0.39, 0.29) is 12.8 Å². The fourth-order valence-corrected chi connectivity index (χ4v) is 5.09. The van der Waals surface area contributed by atoms with E-state index in [1.54, 1.807) is 26.2 Å². The Labute approximate surface area is 253 Å². The second-order valence-electron chi connectivity index (χ2n) is 11.1. The number of nitrogens with two attached hydrogens (primary N) is 2. The smallest absolute Gasteiger partial charge is 0.326 e. The van der Waals surface area contributed by atoms with Crippen molar-refractivity contribution in [3.8, 4) is 0 Å². The van der Waals surface area contributed by atoms with Crippen LogP contribution >= 0.6 is 0 Å². The number of carbonyl (C=O) groups is 5. The Hall–Kier alpha value is -5.17. The number of carbonyl (C=O) groups excluding carboxylic acids is 4. The molecule has 232 valence electrons. The van der Waals surface area contributed by atoms with Crippen molar-refractivity contribution in [1.29, 1.82) is 0 Å². The lowest BCUT2D eigenvalue weighted by Crippen LogP contribution is -2.59. The van der Waals surface area contributed by atoms with E-state index in [0.717, 1.165) is 27.4 Å². The first-order valence-electron chi connectivity index (χ1n) is 14.2. The number of para-hydroxylation sites is 2. The summed E-state index contributed by atoms with van der Waals surface area (Å²) < 4.78 is 0. The van der Waals surface area contributed by atoms with Gasteiger partial charge in [-0.15, -0.1) is 0 Å². The molecule has 0 bridgehead atoms. The standard InChI is InChI=1S/C31H37N7O6/c1-16(2)27(38-28(40)21(32)11-17-14-34-22-9-5-3-7-19(17)22)30(42)36-24(29(41)37-25(31(43)44)13-26(33)39)12-18-15-35-23-10-6-4-8-20(18)23/h3-10,14-16,21,24-25,27,34-35H,11-13,32H2,1-2H3,(H2,33,39)(H,36,42)(H,37,41)(H,38,40)(H,43,44). The van der Waals surface area contributed by atoms with Gasteiger partial charge in [0.2, 0.25) is 23.6 Å². The van der Waals surface area contributed by atoms with Crippen molar-refractivity contribution in [2.75, 3.05) is 0 Å². The van der Waals surface area contributed by atoms with Crippen LogP contribution in [0.3, 0.4) is 0 Å². The van der Waals surface area contributed by atoms with Crippen molar-refractivity contribution >= 4 is 51.4 Å². The molecule has 2 heterocycles. The molecule has 0 saturated heterocycles. The molecule has 0 saturated carbocycles. The van der Waals surface area contributed by atoms with Crippen LogP contribution in [0.25, 0.3) is 21.8 Å².